The predicted octanol–water partition coefficient (Wildman–Crippen LogP) is -0.391. The van der Waals surface area contributed by atoms with Crippen molar-refractivity contribution in [3.8, 4) is 0 Å². The maximum absolute atomic E-state index is 10.5. The molecule has 0 aliphatic carbocycles. The molecule has 1 unspecified atom stereocenters. The van der Waals surface area contributed by atoms with Crippen molar-refractivity contribution in [2.45, 2.75) is 25.5 Å². The summed E-state index contributed by atoms with van der Waals surface area (Å²) >= 11 is 0. The zero-order valence-corrected chi connectivity index (χ0v) is 7.46. The van der Waals surface area contributed by atoms with Gasteiger partial charge in [0.1, 0.15) is 12.6 Å². The monoisotopic (exact) mass is 198 g/mol. The van der Waals surface area contributed by atoms with Crippen LogP contribution in [0.3, 0.4) is 0 Å². The molecule has 1 aliphatic heterocycles. The molecule has 0 radical (unpaired) electrons. The molecule has 0 amide bonds. The lowest BCUT2D eigenvalue weighted by atomic mass is 10.2. The topological polar surface area (TPSA) is 90.1 Å². The zero-order chi connectivity index (χ0) is 9.97. The third kappa shape index (κ3) is 1.72. The zero-order valence-electron chi connectivity index (χ0n) is 7.46. The normalized spacial score (nSPS) is 21.3. The molecular formula is C7H10N4O3. The van der Waals surface area contributed by atoms with Crippen molar-refractivity contribution in [2.75, 3.05) is 6.61 Å². The fourth-order valence-corrected chi connectivity index (χ4v) is 1.46. The van der Waals surface area contributed by atoms with E-state index in [0.717, 1.165) is 12.8 Å². The fraction of sp³-hybridized carbons (Fsp3) is 0.714. The van der Waals surface area contributed by atoms with Crippen molar-refractivity contribution >= 4 is 5.97 Å². The number of hydrogen-bond donors (Lipinski definition) is 1. The van der Waals surface area contributed by atoms with Crippen LogP contribution in [0.2, 0.25) is 0 Å². The van der Waals surface area contributed by atoms with Gasteiger partial charge in [-0.15, -0.1) is 5.10 Å². The third-order valence-electron chi connectivity index (χ3n) is 2.06. The van der Waals surface area contributed by atoms with E-state index in [2.05, 4.69) is 15.5 Å². The average Bonchev–Trinajstić information content (AvgIpc) is 2.70. The number of hydrogen-bond acceptors (Lipinski definition) is 5. The highest BCUT2D eigenvalue weighted by molar-refractivity contribution is 5.66. The van der Waals surface area contributed by atoms with Crippen LogP contribution in [0.15, 0.2) is 0 Å². The molecule has 76 valence electrons. The van der Waals surface area contributed by atoms with Crippen LogP contribution in [0, 0.1) is 0 Å². The van der Waals surface area contributed by atoms with E-state index in [0.29, 0.717) is 12.4 Å². The Morgan fingerprint density at radius 1 is 1.71 bits per heavy atom. The van der Waals surface area contributed by atoms with Crippen LogP contribution < -0.4 is 0 Å². The van der Waals surface area contributed by atoms with E-state index in [1.807, 2.05) is 0 Å². The summed E-state index contributed by atoms with van der Waals surface area (Å²) in [5.74, 6) is -0.457. The van der Waals surface area contributed by atoms with Gasteiger partial charge in [0.25, 0.3) is 0 Å². The number of aliphatic carboxylic acids is 1. The number of nitrogens with zero attached hydrogens (tertiary/aromatic N) is 4. The predicted molar refractivity (Wildman–Crippen MR) is 43.4 cm³/mol. The fourth-order valence-electron chi connectivity index (χ4n) is 1.46. The molecule has 7 heteroatoms. The van der Waals surface area contributed by atoms with E-state index in [4.69, 9.17) is 9.84 Å². The Morgan fingerprint density at radius 2 is 2.57 bits per heavy atom. The summed E-state index contributed by atoms with van der Waals surface area (Å²) in [5, 5.41) is 19.4. The first kappa shape index (κ1) is 9.07. The maximum atomic E-state index is 10.5. The Hall–Kier alpha value is -1.50. The number of aromatic nitrogens is 4. The standard InChI is InChI=1S/C7H10N4O3/c12-6(13)4-11-7(8-9-10-11)5-2-1-3-14-5/h5H,1-4H2,(H,12,13). The van der Waals surface area contributed by atoms with Crippen LogP contribution in [0.4, 0.5) is 0 Å². The first-order valence-corrected chi connectivity index (χ1v) is 4.37. The van der Waals surface area contributed by atoms with Gasteiger partial charge in [-0.1, -0.05) is 0 Å². The lowest BCUT2D eigenvalue weighted by Gasteiger charge is -2.07. The van der Waals surface area contributed by atoms with E-state index in [-0.39, 0.29) is 12.6 Å². The van der Waals surface area contributed by atoms with Crippen LogP contribution in [-0.4, -0.2) is 37.9 Å². The quantitative estimate of drug-likeness (QED) is 0.711. The molecule has 2 rings (SSSR count). The molecule has 1 aromatic rings. The largest absolute Gasteiger partial charge is 0.480 e. The second-order valence-corrected chi connectivity index (χ2v) is 3.09. The maximum Gasteiger partial charge on any atom is 0.325 e. The van der Waals surface area contributed by atoms with Crippen molar-refractivity contribution in [1.29, 1.82) is 0 Å². The number of carboxylic acid groups (broad SMARTS) is 1. The summed E-state index contributed by atoms with van der Waals surface area (Å²) in [4.78, 5) is 10.5. The van der Waals surface area contributed by atoms with Gasteiger partial charge in [-0.25, -0.2) is 4.68 Å². The van der Waals surface area contributed by atoms with Crippen LogP contribution >= 0.6 is 0 Å². The highest BCUT2D eigenvalue weighted by atomic mass is 16.5. The molecule has 0 saturated carbocycles. The smallest absolute Gasteiger partial charge is 0.325 e. The second-order valence-electron chi connectivity index (χ2n) is 3.09. The van der Waals surface area contributed by atoms with Gasteiger partial charge in [0.2, 0.25) is 0 Å². The van der Waals surface area contributed by atoms with Gasteiger partial charge in [-0.3, -0.25) is 4.79 Å². The molecular weight excluding hydrogens is 188 g/mol. The highest BCUT2D eigenvalue weighted by Gasteiger charge is 2.24. The molecule has 14 heavy (non-hydrogen) atoms. The Morgan fingerprint density at radius 3 is 3.21 bits per heavy atom. The molecule has 1 fully saturated rings. The number of rotatable bonds is 3. The Bertz CT molecular complexity index is 331. The Balaban J connectivity index is 2.15. The van der Waals surface area contributed by atoms with Gasteiger partial charge < -0.3 is 9.84 Å². The lowest BCUT2D eigenvalue weighted by Crippen LogP contribution is -2.15. The molecule has 1 aliphatic rings. The van der Waals surface area contributed by atoms with Gasteiger partial charge >= 0.3 is 5.97 Å². The summed E-state index contributed by atoms with van der Waals surface area (Å²) in [5.41, 5.74) is 0. The Kier molecular flexibility index (Phi) is 2.40. The molecule has 7 nitrogen and oxygen atoms in total. The number of carboxylic acids is 1. The van der Waals surface area contributed by atoms with E-state index in [1.54, 1.807) is 0 Å². The number of ether oxygens (including phenoxy) is 1. The molecule has 1 saturated heterocycles. The first-order valence-electron chi connectivity index (χ1n) is 4.37. The summed E-state index contributed by atoms with van der Waals surface area (Å²) in [7, 11) is 0. The summed E-state index contributed by atoms with van der Waals surface area (Å²) in [6.07, 6.45) is 1.66. The molecule has 1 atom stereocenters. The van der Waals surface area contributed by atoms with E-state index in [9.17, 15) is 4.79 Å². The highest BCUT2D eigenvalue weighted by Crippen LogP contribution is 2.25. The SMILES string of the molecule is O=C(O)Cn1nnnc1C1CCCO1. The van der Waals surface area contributed by atoms with E-state index >= 15 is 0 Å². The second kappa shape index (κ2) is 3.70. The minimum Gasteiger partial charge on any atom is -0.480 e. The van der Waals surface area contributed by atoms with E-state index in [1.165, 1.54) is 4.68 Å². The Labute approximate surface area is 79.7 Å². The van der Waals surface area contributed by atoms with E-state index < -0.39 is 5.97 Å². The van der Waals surface area contributed by atoms with Crippen molar-refractivity contribution in [3.05, 3.63) is 5.82 Å². The van der Waals surface area contributed by atoms with Gasteiger partial charge in [0.05, 0.1) is 0 Å². The molecule has 2 heterocycles. The molecule has 0 spiro atoms. The van der Waals surface area contributed by atoms with Crippen molar-refractivity contribution in [1.82, 2.24) is 20.2 Å². The van der Waals surface area contributed by atoms with Crippen LogP contribution in [0.5, 0.6) is 0 Å². The van der Waals surface area contributed by atoms with Gasteiger partial charge in [0, 0.05) is 6.61 Å². The lowest BCUT2D eigenvalue weighted by molar-refractivity contribution is -0.138. The van der Waals surface area contributed by atoms with Crippen LogP contribution in [0.25, 0.3) is 0 Å². The summed E-state index contributed by atoms with van der Waals surface area (Å²) in [6, 6.07) is 0. The average molecular weight is 198 g/mol. The molecule has 0 aromatic carbocycles. The first-order chi connectivity index (χ1) is 6.77. The minimum atomic E-state index is -0.962. The van der Waals surface area contributed by atoms with Gasteiger partial charge in [0.15, 0.2) is 5.82 Å². The molecule has 1 aromatic heterocycles. The van der Waals surface area contributed by atoms with Crippen molar-refractivity contribution < 1.29 is 14.6 Å². The summed E-state index contributed by atoms with van der Waals surface area (Å²) < 4.78 is 6.63. The van der Waals surface area contributed by atoms with Crippen LogP contribution in [-0.2, 0) is 16.1 Å². The third-order valence-corrected chi connectivity index (χ3v) is 2.06. The number of carbonyl (C=O) groups is 1. The minimum absolute atomic E-state index is 0.149. The van der Waals surface area contributed by atoms with Crippen molar-refractivity contribution in [2.24, 2.45) is 0 Å². The molecule has 1 N–H and O–H groups in total. The van der Waals surface area contributed by atoms with Gasteiger partial charge in [-0.05, 0) is 23.3 Å². The summed E-state index contributed by atoms with van der Waals surface area (Å²) in [6.45, 7) is 0.465. The number of tetrazole rings is 1. The molecule has 0 bridgehead atoms. The van der Waals surface area contributed by atoms with Crippen molar-refractivity contribution in [3.63, 3.8) is 0 Å². The van der Waals surface area contributed by atoms with Gasteiger partial charge in [-0.2, -0.15) is 0 Å². The van der Waals surface area contributed by atoms with Crippen LogP contribution in [0.1, 0.15) is 24.8 Å².